The summed E-state index contributed by atoms with van der Waals surface area (Å²) < 4.78 is 5.39. The van der Waals surface area contributed by atoms with E-state index in [0.29, 0.717) is 18.1 Å². The van der Waals surface area contributed by atoms with Crippen molar-refractivity contribution in [3.05, 3.63) is 64.7 Å². The number of morpholine rings is 1. The molecule has 1 amide bonds. The van der Waals surface area contributed by atoms with Gasteiger partial charge < -0.3 is 10.1 Å². The van der Waals surface area contributed by atoms with Gasteiger partial charge in [0.15, 0.2) is 0 Å². The number of ether oxygens (including phenoxy) is 1. The van der Waals surface area contributed by atoms with Crippen molar-refractivity contribution < 1.29 is 9.53 Å². The molecule has 6 heteroatoms. The third-order valence-electron chi connectivity index (χ3n) is 5.11. The maximum Gasteiger partial charge on any atom is 0.257 e. The molecule has 0 spiro atoms. The van der Waals surface area contributed by atoms with Crippen LogP contribution in [0.25, 0.3) is 0 Å². The number of guanidine groups is 1. The number of anilines is 1. The van der Waals surface area contributed by atoms with Gasteiger partial charge in [0, 0.05) is 30.9 Å². The number of rotatable bonds is 5. The molecule has 1 heterocycles. The van der Waals surface area contributed by atoms with Crippen molar-refractivity contribution in [1.82, 2.24) is 10.2 Å². The van der Waals surface area contributed by atoms with Crippen LogP contribution in [-0.4, -0.2) is 56.2 Å². The quantitative estimate of drug-likeness (QED) is 0.604. The van der Waals surface area contributed by atoms with Gasteiger partial charge in [-0.2, -0.15) is 0 Å². The molecule has 1 aliphatic heterocycles. The fourth-order valence-corrected chi connectivity index (χ4v) is 3.08. The minimum Gasteiger partial charge on any atom is -0.379 e. The molecule has 0 atom stereocenters. The van der Waals surface area contributed by atoms with E-state index in [0.717, 1.165) is 44.1 Å². The molecule has 2 aromatic carbocycles. The van der Waals surface area contributed by atoms with Crippen LogP contribution in [-0.2, 0) is 4.74 Å². The first-order valence-corrected chi connectivity index (χ1v) is 10.1. The predicted octanol–water partition coefficient (Wildman–Crippen LogP) is 3.14. The third kappa shape index (κ3) is 6.41. The molecule has 154 valence electrons. The minimum atomic E-state index is -0.175. The summed E-state index contributed by atoms with van der Waals surface area (Å²) in [5.41, 5.74) is 5.05. The molecule has 0 saturated carbocycles. The van der Waals surface area contributed by atoms with Gasteiger partial charge in [-0.3, -0.25) is 20.0 Å². The Morgan fingerprint density at radius 3 is 2.45 bits per heavy atom. The molecule has 0 radical (unpaired) electrons. The van der Waals surface area contributed by atoms with E-state index < -0.39 is 0 Å². The zero-order chi connectivity index (χ0) is 20.6. The van der Waals surface area contributed by atoms with E-state index >= 15 is 0 Å². The van der Waals surface area contributed by atoms with Gasteiger partial charge in [-0.1, -0.05) is 23.8 Å². The summed E-state index contributed by atoms with van der Waals surface area (Å²) in [6.45, 7) is 11.0. The first kappa shape index (κ1) is 21.0. The highest BCUT2D eigenvalue weighted by molar-refractivity contribution is 6.10. The number of hydrogen-bond donors (Lipinski definition) is 2. The van der Waals surface area contributed by atoms with Crippen molar-refractivity contribution in [1.29, 1.82) is 0 Å². The Kier molecular flexibility index (Phi) is 7.38. The molecule has 0 bridgehead atoms. The minimum absolute atomic E-state index is 0.175. The number of nitrogens with zero attached hydrogens (tertiary/aromatic N) is 2. The van der Waals surface area contributed by atoms with E-state index in [9.17, 15) is 4.79 Å². The Morgan fingerprint density at radius 2 is 1.76 bits per heavy atom. The molecule has 29 heavy (non-hydrogen) atoms. The van der Waals surface area contributed by atoms with Gasteiger partial charge in [0.25, 0.3) is 5.91 Å². The summed E-state index contributed by atoms with van der Waals surface area (Å²) in [5, 5.41) is 6.20. The van der Waals surface area contributed by atoms with Crippen LogP contribution in [0, 0.1) is 20.8 Å². The van der Waals surface area contributed by atoms with Crippen LogP contribution in [0.2, 0.25) is 0 Å². The van der Waals surface area contributed by atoms with Crippen LogP contribution in [0.1, 0.15) is 27.0 Å². The highest BCUT2D eigenvalue weighted by Gasteiger charge is 2.12. The fourth-order valence-electron chi connectivity index (χ4n) is 3.08. The molecule has 1 aliphatic rings. The summed E-state index contributed by atoms with van der Waals surface area (Å²) in [4.78, 5) is 19.6. The Labute approximate surface area is 173 Å². The summed E-state index contributed by atoms with van der Waals surface area (Å²) in [6.07, 6.45) is 0. The number of aryl methyl sites for hydroxylation is 3. The molecule has 0 aromatic heterocycles. The van der Waals surface area contributed by atoms with Gasteiger partial charge in [0.05, 0.1) is 19.8 Å². The van der Waals surface area contributed by atoms with Crippen molar-refractivity contribution in [2.24, 2.45) is 4.99 Å². The Morgan fingerprint density at radius 1 is 1.03 bits per heavy atom. The first-order chi connectivity index (χ1) is 14.0. The number of benzene rings is 2. The van der Waals surface area contributed by atoms with Gasteiger partial charge in [-0.05, 0) is 56.2 Å². The topological polar surface area (TPSA) is 66.0 Å². The molecule has 1 fully saturated rings. The lowest BCUT2D eigenvalue weighted by atomic mass is 10.1. The third-order valence-corrected chi connectivity index (χ3v) is 5.11. The van der Waals surface area contributed by atoms with E-state index in [1.54, 1.807) is 0 Å². The SMILES string of the molecule is Cc1ccc(C(=O)NC(=NCCN2CCOCC2)Nc2ccc(C)c(C)c2)cc1. The molecule has 0 aliphatic carbocycles. The Bertz CT molecular complexity index is 856. The smallest absolute Gasteiger partial charge is 0.257 e. The number of aliphatic imine (C=N–C) groups is 1. The van der Waals surface area contributed by atoms with E-state index in [4.69, 9.17) is 4.74 Å². The first-order valence-electron chi connectivity index (χ1n) is 10.1. The van der Waals surface area contributed by atoms with Crippen LogP contribution in [0.4, 0.5) is 5.69 Å². The average molecular weight is 395 g/mol. The van der Waals surface area contributed by atoms with E-state index in [1.807, 2.05) is 37.3 Å². The van der Waals surface area contributed by atoms with Crippen LogP contribution in [0.15, 0.2) is 47.5 Å². The highest BCUT2D eigenvalue weighted by Crippen LogP contribution is 2.14. The van der Waals surface area contributed by atoms with E-state index in [-0.39, 0.29) is 5.91 Å². The maximum atomic E-state index is 12.7. The lowest BCUT2D eigenvalue weighted by Gasteiger charge is -2.25. The van der Waals surface area contributed by atoms with Crippen molar-refractivity contribution in [3.8, 4) is 0 Å². The van der Waals surface area contributed by atoms with Gasteiger partial charge in [-0.15, -0.1) is 0 Å². The second-order valence-corrected chi connectivity index (χ2v) is 7.43. The van der Waals surface area contributed by atoms with Crippen LogP contribution in [0.5, 0.6) is 0 Å². The summed E-state index contributed by atoms with van der Waals surface area (Å²) in [5.74, 6) is 0.290. The predicted molar refractivity (Wildman–Crippen MR) is 118 cm³/mol. The summed E-state index contributed by atoms with van der Waals surface area (Å²) >= 11 is 0. The zero-order valence-corrected chi connectivity index (χ0v) is 17.5. The van der Waals surface area contributed by atoms with E-state index in [1.165, 1.54) is 11.1 Å². The van der Waals surface area contributed by atoms with Gasteiger partial charge in [0.1, 0.15) is 0 Å². The molecular formula is C23H30N4O2. The Balaban J connectivity index is 1.70. The standard InChI is InChI=1S/C23H30N4O2/c1-17-4-7-20(8-5-17)22(28)26-23(24-10-11-27-12-14-29-15-13-27)25-21-9-6-18(2)19(3)16-21/h4-9,16H,10-15H2,1-3H3,(H2,24,25,26,28). The normalized spacial score (nSPS) is 15.2. The van der Waals surface area contributed by atoms with Crippen LogP contribution >= 0.6 is 0 Å². The van der Waals surface area contributed by atoms with Crippen molar-refractivity contribution >= 4 is 17.6 Å². The number of nitrogens with one attached hydrogen (secondary N) is 2. The molecular weight excluding hydrogens is 364 g/mol. The molecule has 3 rings (SSSR count). The second kappa shape index (κ2) is 10.2. The van der Waals surface area contributed by atoms with Crippen LogP contribution in [0.3, 0.4) is 0 Å². The van der Waals surface area contributed by atoms with E-state index in [2.05, 4.69) is 46.5 Å². The highest BCUT2D eigenvalue weighted by atomic mass is 16.5. The van der Waals surface area contributed by atoms with Crippen molar-refractivity contribution in [2.45, 2.75) is 20.8 Å². The molecule has 2 N–H and O–H groups in total. The second-order valence-electron chi connectivity index (χ2n) is 7.43. The molecule has 0 unspecified atom stereocenters. The molecule has 1 saturated heterocycles. The lowest BCUT2D eigenvalue weighted by Crippen LogP contribution is -2.39. The summed E-state index contributed by atoms with van der Waals surface area (Å²) in [7, 11) is 0. The van der Waals surface area contributed by atoms with Gasteiger partial charge in [-0.25, -0.2) is 0 Å². The maximum absolute atomic E-state index is 12.7. The van der Waals surface area contributed by atoms with Gasteiger partial charge in [0.2, 0.25) is 5.96 Å². The van der Waals surface area contributed by atoms with Crippen molar-refractivity contribution in [2.75, 3.05) is 44.7 Å². The number of hydrogen-bond acceptors (Lipinski definition) is 4. The fraction of sp³-hybridized carbons (Fsp3) is 0.391. The van der Waals surface area contributed by atoms with Gasteiger partial charge >= 0.3 is 0 Å². The number of carbonyl (C=O) groups excluding carboxylic acids is 1. The number of carbonyl (C=O) groups is 1. The monoisotopic (exact) mass is 394 g/mol. The number of amides is 1. The molecule has 2 aromatic rings. The van der Waals surface area contributed by atoms with Crippen LogP contribution < -0.4 is 10.6 Å². The Hall–Kier alpha value is -2.70. The average Bonchev–Trinajstić information content (AvgIpc) is 2.72. The largest absolute Gasteiger partial charge is 0.379 e. The molecule has 6 nitrogen and oxygen atoms in total. The zero-order valence-electron chi connectivity index (χ0n) is 17.5. The summed E-state index contributed by atoms with van der Waals surface area (Å²) in [6, 6.07) is 13.6. The lowest BCUT2D eigenvalue weighted by molar-refractivity contribution is 0.0394. The van der Waals surface area contributed by atoms with Crippen molar-refractivity contribution in [3.63, 3.8) is 0 Å².